The predicted octanol–water partition coefficient (Wildman–Crippen LogP) is 4.07. The van der Waals surface area contributed by atoms with Crippen LogP contribution in [0.15, 0.2) is 18.2 Å². The Morgan fingerprint density at radius 1 is 1.38 bits per heavy atom. The second-order valence-corrected chi connectivity index (χ2v) is 7.55. The smallest absolute Gasteiger partial charge is 0.264 e. The van der Waals surface area contributed by atoms with Crippen molar-refractivity contribution in [2.24, 2.45) is 5.92 Å². The minimum Gasteiger partial charge on any atom is -0.380 e. The second kappa shape index (κ2) is 9.65. The van der Waals surface area contributed by atoms with Gasteiger partial charge >= 0.3 is 0 Å². The van der Waals surface area contributed by atoms with Gasteiger partial charge in [0.15, 0.2) is 0 Å². The van der Waals surface area contributed by atoms with Crippen molar-refractivity contribution >= 4 is 39.7 Å². The number of halogens is 2. The number of ether oxygens (including phenoxy) is 1. The normalized spacial score (nSPS) is 15.3. The van der Waals surface area contributed by atoms with Crippen molar-refractivity contribution in [2.45, 2.75) is 26.4 Å². The Hall–Kier alpha value is -1.21. The number of hydrogen-bond donors (Lipinski definition) is 1. The molecule has 7 heteroatoms. The molecule has 1 saturated heterocycles. The van der Waals surface area contributed by atoms with Gasteiger partial charge in [-0.05, 0) is 44.0 Å². The van der Waals surface area contributed by atoms with Gasteiger partial charge in [0.1, 0.15) is 5.82 Å². The molecule has 0 spiro atoms. The standard InChI is InChI=1S/C19H25FN2O2S.ClH/c1-3-21-11-13-7-9-22(10-8-13)19(23)18-14(12-24-2)17-15(20)5-4-6-16(17)25-18;/h4-6,13,21H,3,7-12H2,1-2H3;1H. The Morgan fingerprint density at radius 2 is 2.12 bits per heavy atom. The lowest BCUT2D eigenvalue weighted by atomic mass is 9.96. The van der Waals surface area contributed by atoms with E-state index in [2.05, 4.69) is 12.2 Å². The first-order valence-corrected chi connectivity index (χ1v) is 9.66. The van der Waals surface area contributed by atoms with Crippen LogP contribution in [0.5, 0.6) is 0 Å². The van der Waals surface area contributed by atoms with Crippen molar-refractivity contribution in [3.05, 3.63) is 34.5 Å². The van der Waals surface area contributed by atoms with Gasteiger partial charge in [-0.25, -0.2) is 4.39 Å². The van der Waals surface area contributed by atoms with E-state index in [1.165, 1.54) is 17.4 Å². The van der Waals surface area contributed by atoms with Crippen LogP contribution in [0.25, 0.3) is 10.1 Å². The first-order chi connectivity index (χ1) is 12.2. The molecule has 1 aliphatic heterocycles. The fourth-order valence-corrected chi connectivity index (χ4v) is 4.64. The maximum absolute atomic E-state index is 14.3. The number of hydrogen-bond acceptors (Lipinski definition) is 4. The molecule has 4 nitrogen and oxygen atoms in total. The quantitative estimate of drug-likeness (QED) is 0.794. The first kappa shape index (κ1) is 21.1. The number of rotatable bonds is 6. The van der Waals surface area contributed by atoms with Gasteiger partial charge in [-0.15, -0.1) is 23.7 Å². The van der Waals surface area contributed by atoms with Gasteiger partial charge in [0.25, 0.3) is 5.91 Å². The molecule has 1 amide bonds. The zero-order valence-corrected chi connectivity index (χ0v) is 16.9. The summed E-state index contributed by atoms with van der Waals surface area (Å²) in [6, 6.07) is 4.99. The molecule has 2 aromatic rings. The number of carbonyl (C=O) groups is 1. The second-order valence-electron chi connectivity index (χ2n) is 6.50. The summed E-state index contributed by atoms with van der Waals surface area (Å²) in [6.45, 7) is 5.87. The third-order valence-electron chi connectivity index (χ3n) is 4.83. The molecule has 0 radical (unpaired) electrons. The number of benzene rings is 1. The van der Waals surface area contributed by atoms with Crippen LogP contribution in [-0.2, 0) is 11.3 Å². The molecule has 1 fully saturated rings. The fourth-order valence-electron chi connectivity index (χ4n) is 3.45. The molecule has 0 saturated carbocycles. The zero-order chi connectivity index (χ0) is 17.8. The molecule has 0 atom stereocenters. The summed E-state index contributed by atoms with van der Waals surface area (Å²) in [6.07, 6.45) is 2.02. The van der Waals surface area contributed by atoms with Crippen LogP contribution in [0.1, 0.15) is 35.0 Å². The van der Waals surface area contributed by atoms with Gasteiger partial charge in [0.05, 0.1) is 11.5 Å². The van der Waals surface area contributed by atoms with Crippen molar-refractivity contribution in [3.8, 4) is 0 Å². The van der Waals surface area contributed by atoms with Crippen LogP contribution < -0.4 is 5.32 Å². The lowest BCUT2D eigenvalue weighted by Crippen LogP contribution is -2.40. The molecular weight excluding hydrogens is 375 g/mol. The van der Waals surface area contributed by atoms with Crippen LogP contribution >= 0.6 is 23.7 Å². The average molecular weight is 401 g/mol. The lowest BCUT2D eigenvalue weighted by Gasteiger charge is -2.32. The molecule has 0 unspecified atom stereocenters. The summed E-state index contributed by atoms with van der Waals surface area (Å²) in [5.41, 5.74) is 0.681. The predicted molar refractivity (Wildman–Crippen MR) is 107 cm³/mol. The third-order valence-corrected chi connectivity index (χ3v) is 6.02. The monoisotopic (exact) mass is 400 g/mol. The Labute approximate surface area is 164 Å². The molecule has 1 aromatic heterocycles. The first-order valence-electron chi connectivity index (χ1n) is 8.84. The minimum absolute atomic E-state index is 0. The van der Waals surface area contributed by atoms with Gasteiger partial charge in [0, 0.05) is 35.8 Å². The van der Waals surface area contributed by atoms with E-state index in [9.17, 15) is 9.18 Å². The Bertz CT molecular complexity index is 744. The molecule has 1 aromatic carbocycles. The summed E-state index contributed by atoms with van der Waals surface area (Å²) < 4.78 is 20.3. The van der Waals surface area contributed by atoms with E-state index in [1.807, 2.05) is 11.0 Å². The summed E-state index contributed by atoms with van der Waals surface area (Å²) in [7, 11) is 1.57. The van der Waals surface area contributed by atoms with Crippen molar-refractivity contribution in [2.75, 3.05) is 33.3 Å². The molecule has 0 aliphatic carbocycles. The zero-order valence-electron chi connectivity index (χ0n) is 15.2. The number of methoxy groups -OCH3 is 1. The van der Waals surface area contributed by atoms with Crippen molar-refractivity contribution in [1.29, 1.82) is 0 Å². The molecule has 3 rings (SSSR count). The summed E-state index contributed by atoms with van der Waals surface area (Å²) in [5, 5.41) is 3.91. The maximum Gasteiger partial charge on any atom is 0.264 e. The van der Waals surface area contributed by atoms with E-state index in [-0.39, 0.29) is 30.7 Å². The molecule has 1 N–H and O–H groups in total. The van der Waals surface area contributed by atoms with Crippen molar-refractivity contribution in [1.82, 2.24) is 10.2 Å². The van der Waals surface area contributed by atoms with E-state index >= 15 is 0 Å². The number of carbonyl (C=O) groups excluding carboxylic acids is 1. The van der Waals surface area contributed by atoms with Crippen LogP contribution in [0.3, 0.4) is 0 Å². The lowest BCUT2D eigenvalue weighted by molar-refractivity contribution is 0.0691. The van der Waals surface area contributed by atoms with Gasteiger partial charge in [-0.2, -0.15) is 0 Å². The average Bonchev–Trinajstić information content (AvgIpc) is 3.00. The fraction of sp³-hybridized carbons (Fsp3) is 0.526. The van der Waals surface area contributed by atoms with E-state index in [0.717, 1.165) is 43.7 Å². The van der Waals surface area contributed by atoms with Gasteiger partial charge in [-0.1, -0.05) is 13.0 Å². The van der Waals surface area contributed by atoms with Crippen molar-refractivity contribution in [3.63, 3.8) is 0 Å². The van der Waals surface area contributed by atoms with Crippen molar-refractivity contribution < 1.29 is 13.9 Å². The van der Waals surface area contributed by atoms with Gasteiger partial charge in [0.2, 0.25) is 0 Å². The largest absolute Gasteiger partial charge is 0.380 e. The minimum atomic E-state index is -0.288. The SMILES string of the molecule is CCNCC1CCN(C(=O)c2sc3cccc(F)c3c2COC)CC1.Cl. The van der Waals surface area contributed by atoms with Crippen LogP contribution in [-0.4, -0.2) is 44.1 Å². The highest BCUT2D eigenvalue weighted by molar-refractivity contribution is 7.21. The number of piperidine rings is 1. The molecule has 26 heavy (non-hydrogen) atoms. The molecule has 144 valence electrons. The Kier molecular flexibility index (Phi) is 7.83. The highest BCUT2D eigenvalue weighted by Crippen LogP contribution is 2.35. The van der Waals surface area contributed by atoms with E-state index < -0.39 is 0 Å². The topological polar surface area (TPSA) is 41.6 Å². The molecule has 0 bridgehead atoms. The molecule has 2 heterocycles. The van der Waals surface area contributed by atoms with Gasteiger partial charge in [-0.3, -0.25) is 4.79 Å². The summed E-state index contributed by atoms with van der Waals surface area (Å²) >= 11 is 1.37. The Balaban J connectivity index is 0.00000243. The number of likely N-dealkylation sites (tertiary alicyclic amines) is 1. The highest BCUT2D eigenvalue weighted by Gasteiger charge is 2.27. The number of fused-ring (bicyclic) bond motifs is 1. The van der Waals surface area contributed by atoms with E-state index in [0.29, 0.717) is 21.7 Å². The van der Waals surface area contributed by atoms with Crippen LogP contribution in [0.2, 0.25) is 0 Å². The molecular formula is C19H26ClFN2O2S. The van der Waals surface area contributed by atoms with Crippen LogP contribution in [0.4, 0.5) is 4.39 Å². The summed E-state index contributed by atoms with van der Waals surface area (Å²) in [5.74, 6) is 0.348. The molecule has 1 aliphatic rings. The number of amides is 1. The number of thiophene rings is 1. The summed E-state index contributed by atoms with van der Waals surface area (Å²) in [4.78, 5) is 15.6. The number of nitrogens with zero attached hydrogens (tertiary/aromatic N) is 1. The van der Waals surface area contributed by atoms with Crippen LogP contribution in [0, 0.1) is 11.7 Å². The third kappa shape index (κ3) is 4.36. The Morgan fingerprint density at radius 3 is 2.77 bits per heavy atom. The van der Waals surface area contributed by atoms with Gasteiger partial charge < -0.3 is 15.0 Å². The van der Waals surface area contributed by atoms with E-state index in [4.69, 9.17) is 4.74 Å². The van der Waals surface area contributed by atoms with E-state index in [1.54, 1.807) is 13.2 Å². The highest BCUT2D eigenvalue weighted by atomic mass is 35.5. The maximum atomic E-state index is 14.3. The number of nitrogens with one attached hydrogen (secondary N) is 1.